The summed E-state index contributed by atoms with van der Waals surface area (Å²) in [6.45, 7) is 5.99. The van der Waals surface area contributed by atoms with Crippen molar-refractivity contribution < 1.29 is 4.79 Å². The highest BCUT2D eigenvalue weighted by molar-refractivity contribution is 7.98. The van der Waals surface area contributed by atoms with E-state index in [2.05, 4.69) is 58.4 Å². The molecule has 2 aromatic carbocycles. The van der Waals surface area contributed by atoms with Crippen molar-refractivity contribution in [1.82, 2.24) is 9.88 Å². The minimum absolute atomic E-state index is 0.166. The number of fused-ring (bicyclic) bond motifs is 2. The Hall–Kier alpha value is -2.89. The van der Waals surface area contributed by atoms with E-state index in [0.717, 1.165) is 63.3 Å². The van der Waals surface area contributed by atoms with E-state index < -0.39 is 0 Å². The highest BCUT2D eigenvalue weighted by Crippen LogP contribution is 2.43. The van der Waals surface area contributed by atoms with Gasteiger partial charge in [0.25, 0.3) is 0 Å². The molecule has 5 rings (SSSR count). The van der Waals surface area contributed by atoms with Gasteiger partial charge < -0.3 is 9.80 Å². The number of amides is 1. The molecule has 0 unspecified atom stereocenters. The average Bonchev–Trinajstić information content (AvgIpc) is 3.10. The highest BCUT2D eigenvalue weighted by atomic mass is 32.2. The third kappa shape index (κ3) is 5.58. The number of piperidine rings is 1. The maximum Gasteiger partial charge on any atom is 0.226 e. The molecule has 186 valence electrons. The fourth-order valence-electron chi connectivity index (χ4n) is 5.37. The maximum atomic E-state index is 12.5. The number of anilines is 1. The smallest absolute Gasteiger partial charge is 0.226 e. The summed E-state index contributed by atoms with van der Waals surface area (Å²) in [5.41, 5.74) is 8.27. The minimum atomic E-state index is 0.166. The lowest BCUT2D eigenvalue weighted by Crippen LogP contribution is -2.34. The zero-order valence-corrected chi connectivity index (χ0v) is 22.0. The number of pyridine rings is 1. The van der Waals surface area contributed by atoms with Crippen LogP contribution in [0.1, 0.15) is 55.7 Å². The van der Waals surface area contributed by atoms with E-state index in [1.807, 2.05) is 35.7 Å². The Morgan fingerprint density at radius 2 is 1.75 bits per heavy atom. The van der Waals surface area contributed by atoms with Gasteiger partial charge in [0.05, 0.1) is 11.9 Å². The quantitative estimate of drug-likeness (QED) is 0.336. The van der Waals surface area contributed by atoms with Gasteiger partial charge in [-0.15, -0.1) is 11.8 Å². The number of carbonyl (C=O) groups excluding carboxylic acids is 1. The lowest BCUT2D eigenvalue weighted by molar-refractivity contribution is -0.118. The van der Waals surface area contributed by atoms with Crippen LogP contribution in [0.5, 0.6) is 0 Å². The van der Waals surface area contributed by atoms with Crippen LogP contribution in [0.25, 0.3) is 5.57 Å². The highest BCUT2D eigenvalue weighted by Gasteiger charge is 2.24. The number of likely N-dealkylation sites (tertiary alicyclic amines) is 1. The lowest BCUT2D eigenvalue weighted by atomic mass is 9.86. The first kappa shape index (κ1) is 24.8. The number of aromatic nitrogens is 1. The van der Waals surface area contributed by atoms with Crippen molar-refractivity contribution in [2.45, 2.75) is 49.7 Å². The molecule has 1 saturated heterocycles. The fraction of sp³-hybridized carbons (Fsp3) is 0.355. The summed E-state index contributed by atoms with van der Waals surface area (Å²) in [5, 5.41) is 0. The van der Waals surface area contributed by atoms with Crippen molar-refractivity contribution in [1.29, 1.82) is 0 Å². The molecule has 4 nitrogen and oxygen atoms in total. The second-order valence-electron chi connectivity index (χ2n) is 9.58. The Balaban J connectivity index is 1.22. The molecule has 0 saturated carbocycles. The molecule has 2 aliphatic rings. The number of unbranched alkanes of at least 4 members (excludes halogenated alkanes) is 1. The monoisotopic (exact) mass is 497 g/mol. The van der Waals surface area contributed by atoms with Crippen molar-refractivity contribution in [2.75, 3.05) is 31.1 Å². The molecule has 0 N–H and O–H groups in total. The molecule has 5 heteroatoms. The van der Waals surface area contributed by atoms with Crippen LogP contribution in [0, 0.1) is 0 Å². The molecule has 3 aromatic rings. The third-order valence-corrected chi connectivity index (χ3v) is 8.43. The second-order valence-corrected chi connectivity index (χ2v) is 10.6. The topological polar surface area (TPSA) is 36.4 Å². The molecule has 1 aromatic heterocycles. The molecule has 0 atom stereocenters. The number of benzene rings is 2. The van der Waals surface area contributed by atoms with Gasteiger partial charge in [0.2, 0.25) is 5.91 Å². The molecule has 0 spiro atoms. The summed E-state index contributed by atoms with van der Waals surface area (Å²) in [4.78, 5) is 22.6. The summed E-state index contributed by atoms with van der Waals surface area (Å²) in [6.07, 6.45) is 8.41. The summed E-state index contributed by atoms with van der Waals surface area (Å²) < 4.78 is 0. The van der Waals surface area contributed by atoms with Crippen molar-refractivity contribution >= 4 is 28.9 Å². The third-order valence-electron chi connectivity index (χ3n) is 7.31. The van der Waals surface area contributed by atoms with Crippen LogP contribution in [-0.4, -0.2) is 42.0 Å². The van der Waals surface area contributed by atoms with E-state index >= 15 is 0 Å². The van der Waals surface area contributed by atoms with Crippen LogP contribution in [-0.2, 0) is 10.5 Å². The van der Waals surface area contributed by atoms with Crippen molar-refractivity contribution in [3.63, 3.8) is 0 Å². The average molecular weight is 498 g/mol. The Bertz CT molecular complexity index is 1160. The number of nitrogens with zero attached hydrogens (tertiary/aromatic N) is 3. The predicted octanol–water partition coefficient (Wildman–Crippen LogP) is 6.81. The number of thioether (sulfide) groups is 1. The SMILES string of the molecule is CCC(=O)N(CCCCN1CCC(=C2c3ccccc3CSc3ccccc32)CC1)c1cccnc1. The second kappa shape index (κ2) is 11.9. The van der Waals surface area contributed by atoms with Crippen molar-refractivity contribution in [3.05, 3.63) is 95.3 Å². The van der Waals surface area contributed by atoms with Crippen LogP contribution in [0.2, 0.25) is 0 Å². The summed E-state index contributed by atoms with van der Waals surface area (Å²) in [7, 11) is 0. The first-order valence-electron chi connectivity index (χ1n) is 13.2. The van der Waals surface area contributed by atoms with Gasteiger partial charge in [0.1, 0.15) is 0 Å². The maximum absolute atomic E-state index is 12.5. The zero-order chi connectivity index (χ0) is 24.7. The van der Waals surface area contributed by atoms with E-state index in [4.69, 9.17) is 0 Å². The van der Waals surface area contributed by atoms with Gasteiger partial charge in [0.15, 0.2) is 0 Å². The van der Waals surface area contributed by atoms with Crippen LogP contribution >= 0.6 is 11.8 Å². The van der Waals surface area contributed by atoms with E-state index in [1.54, 1.807) is 18.0 Å². The number of hydrogen-bond donors (Lipinski definition) is 0. The van der Waals surface area contributed by atoms with Gasteiger partial charge >= 0.3 is 0 Å². The predicted molar refractivity (Wildman–Crippen MR) is 150 cm³/mol. The molecule has 0 bridgehead atoms. The molecule has 36 heavy (non-hydrogen) atoms. The summed E-state index contributed by atoms with van der Waals surface area (Å²) >= 11 is 1.96. The Morgan fingerprint density at radius 3 is 2.53 bits per heavy atom. The number of rotatable bonds is 7. The molecular weight excluding hydrogens is 462 g/mol. The standard InChI is InChI=1S/C31H35N3OS/c1-2-30(35)34(26-11-9-17-32-22-26)19-8-7-18-33-20-15-24(16-21-33)31-27-12-4-3-10-25(27)23-36-29-14-6-5-13-28(29)31/h3-6,9-14,17,22H,2,7-8,15-16,18-21,23H2,1H3. The summed E-state index contributed by atoms with van der Waals surface area (Å²) in [5.74, 6) is 1.20. The van der Waals surface area contributed by atoms with Crippen LogP contribution in [0.15, 0.2) is 83.5 Å². The molecule has 0 aliphatic carbocycles. The van der Waals surface area contributed by atoms with Crippen LogP contribution < -0.4 is 4.90 Å². The normalized spacial score (nSPS) is 15.7. The van der Waals surface area contributed by atoms with Crippen molar-refractivity contribution in [2.24, 2.45) is 0 Å². The van der Waals surface area contributed by atoms with Gasteiger partial charge in [-0.1, -0.05) is 55.0 Å². The molecular formula is C31H35N3OS. The van der Waals surface area contributed by atoms with Crippen molar-refractivity contribution in [3.8, 4) is 0 Å². The first-order valence-corrected chi connectivity index (χ1v) is 14.2. The zero-order valence-electron chi connectivity index (χ0n) is 21.2. The number of hydrogen-bond acceptors (Lipinski definition) is 4. The van der Waals surface area contributed by atoms with E-state index in [1.165, 1.54) is 27.2 Å². The lowest BCUT2D eigenvalue weighted by Gasteiger charge is -2.31. The fourth-order valence-corrected chi connectivity index (χ4v) is 6.44. The van der Waals surface area contributed by atoms with Gasteiger partial charge in [0, 0.05) is 42.9 Å². The van der Waals surface area contributed by atoms with Crippen LogP contribution in [0.4, 0.5) is 5.69 Å². The minimum Gasteiger partial charge on any atom is -0.311 e. The van der Waals surface area contributed by atoms with E-state index in [9.17, 15) is 4.79 Å². The van der Waals surface area contributed by atoms with E-state index in [0.29, 0.717) is 6.42 Å². The first-order chi connectivity index (χ1) is 17.7. The van der Waals surface area contributed by atoms with Gasteiger partial charge in [-0.3, -0.25) is 9.78 Å². The van der Waals surface area contributed by atoms with Gasteiger partial charge in [-0.25, -0.2) is 0 Å². The molecule has 1 amide bonds. The van der Waals surface area contributed by atoms with Gasteiger partial charge in [-0.2, -0.15) is 0 Å². The Morgan fingerprint density at radius 1 is 0.972 bits per heavy atom. The largest absolute Gasteiger partial charge is 0.311 e. The Labute approximate surface area is 219 Å². The molecule has 2 aliphatic heterocycles. The molecule has 0 radical (unpaired) electrons. The van der Waals surface area contributed by atoms with Crippen LogP contribution in [0.3, 0.4) is 0 Å². The van der Waals surface area contributed by atoms with Gasteiger partial charge in [-0.05, 0) is 72.7 Å². The summed E-state index contributed by atoms with van der Waals surface area (Å²) in [6, 6.07) is 21.8. The molecule has 1 fully saturated rings. The molecule has 3 heterocycles. The Kier molecular flexibility index (Phi) is 8.19. The number of carbonyl (C=O) groups is 1. The van der Waals surface area contributed by atoms with E-state index in [-0.39, 0.29) is 5.91 Å².